The van der Waals surface area contributed by atoms with E-state index in [0.29, 0.717) is 12.1 Å². The molecule has 0 atom stereocenters. The van der Waals surface area contributed by atoms with Crippen LogP contribution < -0.4 is 4.46 Å². The third kappa shape index (κ3) is 3.04. The molecule has 0 fully saturated rings. The zero-order chi connectivity index (χ0) is 21.0. The molecule has 14 heteroatoms. The zero-order valence-corrected chi connectivity index (χ0v) is 13.5. The minimum absolute atomic E-state index is 0.0843. The Bertz CT molecular complexity index is 644. The standard InChI is InChI=1S/C12H5F13Se/c13-7(14,5-1-3-6(26)4-2-5)8(15,16)9(17,18)10(19,20)11(21,22)12(23,24)25/h1-4,26H. The van der Waals surface area contributed by atoms with Crippen molar-refractivity contribution in [2.45, 2.75) is 35.8 Å². The molecule has 0 aliphatic carbocycles. The van der Waals surface area contributed by atoms with Gasteiger partial charge in [-0.05, 0) is 0 Å². The van der Waals surface area contributed by atoms with Crippen molar-refractivity contribution < 1.29 is 57.1 Å². The van der Waals surface area contributed by atoms with Gasteiger partial charge in [-0.3, -0.25) is 0 Å². The average molecular weight is 475 g/mol. The van der Waals surface area contributed by atoms with E-state index < -0.39 is 41.4 Å². The SMILES string of the molecule is FC(F)(F)C(F)(F)C(F)(F)C(F)(F)C(F)(F)C(F)(F)c1ccc([SeH])cc1. The van der Waals surface area contributed by atoms with Crippen molar-refractivity contribution in [1.29, 1.82) is 0 Å². The van der Waals surface area contributed by atoms with Crippen LogP contribution in [-0.2, 0) is 5.92 Å². The summed E-state index contributed by atoms with van der Waals surface area (Å²) in [5.74, 6) is -36.9. The molecule has 0 nitrogen and oxygen atoms in total. The Hall–Kier alpha value is -1.17. The molecule has 0 amide bonds. The van der Waals surface area contributed by atoms with E-state index in [9.17, 15) is 57.1 Å². The van der Waals surface area contributed by atoms with Gasteiger partial charge in [0.1, 0.15) is 0 Å². The Labute approximate surface area is 144 Å². The third-order valence-corrected chi connectivity index (χ3v) is 3.79. The van der Waals surface area contributed by atoms with Crippen molar-refractivity contribution in [3.8, 4) is 0 Å². The Kier molecular flexibility index (Phi) is 5.44. The van der Waals surface area contributed by atoms with E-state index in [0.717, 1.165) is 0 Å². The number of halogens is 13. The van der Waals surface area contributed by atoms with Gasteiger partial charge in [-0.2, -0.15) is 0 Å². The van der Waals surface area contributed by atoms with Crippen molar-refractivity contribution in [2.24, 2.45) is 0 Å². The van der Waals surface area contributed by atoms with Gasteiger partial charge in [0.05, 0.1) is 0 Å². The second-order valence-electron chi connectivity index (χ2n) is 4.92. The summed E-state index contributed by atoms with van der Waals surface area (Å²) in [7, 11) is 0. The van der Waals surface area contributed by atoms with Gasteiger partial charge in [0.25, 0.3) is 0 Å². The predicted molar refractivity (Wildman–Crippen MR) is 63.0 cm³/mol. The van der Waals surface area contributed by atoms with Crippen LogP contribution in [0.5, 0.6) is 0 Å². The van der Waals surface area contributed by atoms with Crippen molar-refractivity contribution in [1.82, 2.24) is 0 Å². The third-order valence-electron chi connectivity index (χ3n) is 3.16. The van der Waals surface area contributed by atoms with Gasteiger partial charge >= 0.3 is 143 Å². The molecule has 1 aromatic rings. The zero-order valence-electron chi connectivity index (χ0n) is 11.7. The molecule has 0 N–H and O–H groups in total. The molecule has 0 heterocycles. The fourth-order valence-corrected chi connectivity index (χ4v) is 1.93. The summed E-state index contributed by atoms with van der Waals surface area (Å²) in [6.07, 6.45) is -7.41. The monoisotopic (exact) mass is 476 g/mol. The quantitative estimate of drug-likeness (QED) is 0.438. The number of rotatable bonds is 5. The topological polar surface area (TPSA) is 0 Å². The van der Waals surface area contributed by atoms with Crippen molar-refractivity contribution >= 4 is 20.5 Å². The Morgan fingerprint density at radius 1 is 0.500 bits per heavy atom. The Morgan fingerprint density at radius 2 is 0.846 bits per heavy atom. The van der Waals surface area contributed by atoms with E-state index in [4.69, 9.17) is 0 Å². The summed E-state index contributed by atoms with van der Waals surface area (Å²) in [5, 5.41) is 0. The van der Waals surface area contributed by atoms with E-state index in [1.54, 1.807) is 16.0 Å². The summed E-state index contributed by atoms with van der Waals surface area (Å²) in [6, 6.07) is 1.50. The van der Waals surface area contributed by atoms with E-state index in [-0.39, 0.29) is 16.6 Å². The van der Waals surface area contributed by atoms with Crippen LogP contribution in [0.1, 0.15) is 5.56 Å². The van der Waals surface area contributed by atoms with Crippen LogP contribution in [0.3, 0.4) is 0 Å². The van der Waals surface area contributed by atoms with Crippen LogP contribution in [0.2, 0.25) is 0 Å². The van der Waals surface area contributed by atoms with Crippen LogP contribution >= 0.6 is 0 Å². The fraction of sp³-hybridized carbons (Fsp3) is 0.500. The fourth-order valence-electron chi connectivity index (χ4n) is 1.62. The molecule has 1 rings (SSSR count). The van der Waals surface area contributed by atoms with Gasteiger partial charge < -0.3 is 0 Å². The second kappa shape index (κ2) is 6.18. The molecule has 150 valence electrons. The minimum atomic E-state index is -7.88. The summed E-state index contributed by atoms with van der Waals surface area (Å²) in [6.45, 7) is 0. The number of benzene rings is 1. The first-order valence-corrected chi connectivity index (χ1v) is 6.94. The normalized spacial score (nSPS) is 15.3. The molecule has 26 heavy (non-hydrogen) atoms. The van der Waals surface area contributed by atoms with Crippen LogP contribution in [0.15, 0.2) is 24.3 Å². The Balaban J connectivity index is 3.55. The van der Waals surface area contributed by atoms with Gasteiger partial charge in [0, 0.05) is 0 Å². The second-order valence-corrected chi connectivity index (χ2v) is 6.00. The molecular weight excluding hydrogens is 470 g/mol. The molecule has 0 spiro atoms. The molecule has 0 radical (unpaired) electrons. The number of hydrogen-bond acceptors (Lipinski definition) is 0. The van der Waals surface area contributed by atoms with Crippen LogP contribution in [0.4, 0.5) is 57.1 Å². The maximum atomic E-state index is 13.7. The first-order chi connectivity index (χ1) is 11.2. The van der Waals surface area contributed by atoms with Crippen LogP contribution in [0.25, 0.3) is 0 Å². The van der Waals surface area contributed by atoms with E-state index in [2.05, 4.69) is 0 Å². The first kappa shape index (κ1) is 22.9. The van der Waals surface area contributed by atoms with E-state index in [1.165, 1.54) is 0 Å². The Morgan fingerprint density at radius 3 is 1.19 bits per heavy atom. The van der Waals surface area contributed by atoms with Crippen LogP contribution in [0, 0.1) is 0 Å². The summed E-state index contributed by atoms with van der Waals surface area (Å²) in [4.78, 5) is 0. The summed E-state index contributed by atoms with van der Waals surface area (Å²) in [5.41, 5.74) is -2.00. The molecule has 0 unspecified atom stereocenters. The van der Waals surface area contributed by atoms with Crippen molar-refractivity contribution in [3.05, 3.63) is 29.8 Å². The van der Waals surface area contributed by atoms with Crippen molar-refractivity contribution in [3.63, 3.8) is 0 Å². The number of hydrogen-bond donors (Lipinski definition) is 0. The summed E-state index contributed by atoms with van der Waals surface area (Å²) < 4.78 is 168. The van der Waals surface area contributed by atoms with Gasteiger partial charge in [-0.25, -0.2) is 0 Å². The van der Waals surface area contributed by atoms with E-state index in [1.807, 2.05) is 0 Å². The van der Waals surface area contributed by atoms with Crippen LogP contribution in [-0.4, -0.2) is 45.9 Å². The van der Waals surface area contributed by atoms with Crippen molar-refractivity contribution in [2.75, 3.05) is 0 Å². The average Bonchev–Trinajstić information content (AvgIpc) is 2.45. The van der Waals surface area contributed by atoms with Gasteiger partial charge in [-0.1, -0.05) is 0 Å². The van der Waals surface area contributed by atoms with Gasteiger partial charge in [0.2, 0.25) is 0 Å². The molecule has 0 saturated carbocycles. The van der Waals surface area contributed by atoms with Gasteiger partial charge in [-0.15, -0.1) is 0 Å². The molecule has 0 saturated heterocycles. The van der Waals surface area contributed by atoms with E-state index >= 15 is 0 Å². The molecule has 0 aliphatic heterocycles. The summed E-state index contributed by atoms with van der Waals surface area (Å²) >= 11 is 1.71. The first-order valence-electron chi connectivity index (χ1n) is 6.00. The predicted octanol–water partition coefficient (Wildman–Crippen LogP) is 4.41. The molecular formula is C12H5F13Se. The van der Waals surface area contributed by atoms with Gasteiger partial charge in [0.15, 0.2) is 0 Å². The maximum absolute atomic E-state index is 13.7. The molecule has 0 bridgehead atoms. The molecule has 1 aromatic carbocycles. The molecule has 0 aliphatic rings. The molecule has 0 aromatic heterocycles. The number of alkyl halides is 13.